The van der Waals surface area contributed by atoms with Crippen LogP contribution in [0.1, 0.15) is 165 Å². The van der Waals surface area contributed by atoms with Crippen LogP contribution in [0.5, 0.6) is 0 Å². The van der Waals surface area contributed by atoms with Gasteiger partial charge in [0.1, 0.15) is 18.3 Å². The summed E-state index contributed by atoms with van der Waals surface area (Å²) in [6.45, 7) is 14.5. The van der Waals surface area contributed by atoms with E-state index in [1.807, 2.05) is 32.7 Å². The fraction of sp³-hybridized carbons (Fsp3) is 0.846. The monoisotopic (exact) mass is 945 g/mol. The third kappa shape index (κ3) is 12.0. The summed E-state index contributed by atoms with van der Waals surface area (Å²) in [7, 11) is 8.54. The van der Waals surface area contributed by atoms with E-state index >= 15 is 4.79 Å². The van der Waals surface area contributed by atoms with E-state index in [-0.39, 0.29) is 90.0 Å². The van der Waals surface area contributed by atoms with E-state index in [4.69, 9.17) is 42.9 Å². The number of hydrogen-bond donors (Lipinski definition) is 0. The zero-order valence-corrected chi connectivity index (χ0v) is 43.1. The summed E-state index contributed by atoms with van der Waals surface area (Å²) < 4.78 is 50.4. The van der Waals surface area contributed by atoms with E-state index < -0.39 is 36.8 Å². The number of ketones is 1. The highest BCUT2D eigenvalue weighted by atomic mass is 32.1. The molecule has 6 rings (SSSR count). The molecule has 1 amide bonds. The van der Waals surface area contributed by atoms with Crippen molar-refractivity contribution in [2.45, 2.75) is 218 Å². The van der Waals surface area contributed by atoms with E-state index in [2.05, 4.69) is 33.8 Å². The van der Waals surface area contributed by atoms with Gasteiger partial charge in [0, 0.05) is 76.9 Å². The number of nitrogens with zero attached hydrogens (tertiary/aromatic N) is 2. The summed E-state index contributed by atoms with van der Waals surface area (Å²) in [5.74, 6) is -0.587. The molecule has 13 nitrogen and oxygen atoms in total. The second-order valence-electron chi connectivity index (χ2n) is 20.3. The summed E-state index contributed by atoms with van der Waals surface area (Å²) in [5.41, 5.74) is 1.71. The number of aryl methyl sites for hydroxylation is 1. The number of allylic oxidation sites excluding steroid dienone is 2. The third-order valence-electron chi connectivity index (χ3n) is 15.8. The highest BCUT2D eigenvalue weighted by Crippen LogP contribution is 2.62. The van der Waals surface area contributed by atoms with Crippen molar-refractivity contribution in [1.29, 1.82) is 0 Å². The predicted molar refractivity (Wildman–Crippen MR) is 254 cm³/mol. The van der Waals surface area contributed by atoms with E-state index in [9.17, 15) is 9.59 Å². The molecule has 374 valence electrons. The lowest BCUT2D eigenvalue weighted by molar-refractivity contribution is -0.246. The van der Waals surface area contributed by atoms with E-state index in [1.54, 1.807) is 39.8 Å². The summed E-state index contributed by atoms with van der Waals surface area (Å²) in [6, 6.07) is -0.0308. The number of rotatable bonds is 20. The largest absolute Gasteiger partial charge is 0.462 e. The van der Waals surface area contributed by atoms with E-state index in [0.29, 0.717) is 37.7 Å². The first kappa shape index (κ1) is 53.1. The normalized spacial score (nSPS) is 33.3. The van der Waals surface area contributed by atoms with Crippen molar-refractivity contribution >= 4 is 29.0 Å². The number of carbonyl (C=O) groups is 3. The number of cyclic esters (lactones) is 1. The summed E-state index contributed by atoms with van der Waals surface area (Å²) in [4.78, 5) is 50.7. The molecule has 0 aromatic carbocycles. The van der Waals surface area contributed by atoms with E-state index in [1.165, 1.54) is 24.1 Å². The van der Waals surface area contributed by atoms with Gasteiger partial charge in [0.2, 0.25) is 5.91 Å². The quantitative estimate of drug-likeness (QED) is 0.0699. The zero-order chi connectivity index (χ0) is 47.8. The van der Waals surface area contributed by atoms with Crippen molar-refractivity contribution in [2.75, 3.05) is 35.5 Å². The van der Waals surface area contributed by atoms with Gasteiger partial charge in [-0.25, -0.2) is 4.98 Å². The first-order valence-electron chi connectivity index (χ1n) is 25.4. The molecule has 0 radical (unpaired) electrons. The molecular formula is C52H84N2O11S. The molecule has 0 N–H and O–H groups in total. The molecule has 14 heteroatoms. The lowest BCUT2D eigenvalue weighted by Gasteiger charge is -2.41. The van der Waals surface area contributed by atoms with Gasteiger partial charge in [0.15, 0.2) is 18.4 Å². The number of likely N-dealkylation sites (N-methyl/N-ethyl adjacent to an activating group) is 1. The van der Waals surface area contributed by atoms with Crippen LogP contribution >= 0.6 is 11.3 Å². The average molecular weight is 945 g/mol. The van der Waals surface area contributed by atoms with Crippen LogP contribution in [0, 0.1) is 36.5 Å². The lowest BCUT2D eigenvalue weighted by Crippen LogP contribution is -2.51. The van der Waals surface area contributed by atoms with Gasteiger partial charge < -0.3 is 42.8 Å². The highest BCUT2D eigenvalue weighted by Gasteiger charge is 2.56. The number of unbranched alkanes of at least 4 members (excludes halogenated alkanes) is 4. The first-order chi connectivity index (χ1) is 31.7. The maximum absolute atomic E-state index is 15.2. The Morgan fingerprint density at radius 2 is 1.64 bits per heavy atom. The molecule has 0 spiro atoms. The standard InChI is InChI=1S/C52H84N2O11S/c1-13-15-16-17-18-22-42(55)54(8)40-23-24-44(62-31(40)6)65-41-21-19-20-33(14-2)63-43(56)28-37-38(47(57)30(41)5)27-36-35-25-34(26-39(35)51-46(45(36)37)53-32(7)66-51)64-52(61-12)50(60-11)49(59-10)48(58-9)29(3)4/h27,29-31,33-37,39-41,44-45,48-50,52H,13-26,28H2,1-12H3/t30-,31?,33+,34+,35+,36+,37-,39-,40+,41+,44+,45-,48?,49?,50?,52?/m1/s1. The minimum absolute atomic E-state index is 0.0201. The van der Waals surface area contributed by atoms with Crippen LogP contribution in [0.2, 0.25) is 0 Å². The van der Waals surface area contributed by atoms with Gasteiger partial charge in [0.25, 0.3) is 0 Å². The number of ether oxygens (including phenoxy) is 8. The van der Waals surface area contributed by atoms with Crippen LogP contribution in [-0.2, 0) is 52.3 Å². The number of aromatic nitrogens is 1. The van der Waals surface area contributed by atoms with Crippen molar-refractivity contribution in [3.8, 4) is 0 Å². The molecule has 2 aliphatic heterocycles. The van der Waals surface area contributed by atoms with Crippen LogP contribution < -0.4 is 0 Å². The zero-order valence-electron chi connectivity index (χ0n) is 42.3. The molecule has 3 fully saturated rings. The van der Waals surface area contributed by atoms with Crippen molar-refractivity contribution in [3.63, 3.8) is 0 Å². The molecule has 5 aliphatic rings. The topological polar surface area (TPSA) is 141 Å². The fourth-order valence-corrected chi connectivity index (χ4v) is 13.4. The molecule has 3 aliphatic carbocycles. The minimum Gasteiger partial charge on any atom is -0.462 e. The van der Waals surface area contributed by atoms with Gasteiger partial charge in [-0.3, -0.25) is 14.4 Å². The molecule has 5 unspecified atom stereocenters. The Hall–Kier alpha value is -2.30. The van der Waals surface area contributed by atoms with Crippen LogP contribution in [0.4, 0.5) is 0 Å². The maximum atomic E-state index is 15.2. The summed E-state index contributed by atoms with van der Waals surface area (Å²) >= 11 is 1.73. The molecule has 66 heavy (non-hydrogen) atoms. The number of thiazole rings is 1. The van der Waals surface area contributed by atoms with Crippen LogP contribution in [-0.4, -0.2) is 124 Å². The van der Waals surface area contributed by atoms with Crippen LogP contribution in [0.15, 0.2) is 11.6 Å². The molecule has 16 atom stereocenters. The molecular weight excluding hydrogens is 861 g/mol. The lowest BCUT2D eigenvalue weighted by atomic mass is 9.67. The van der Waals surface area contributed by atoms with Gasteiger partial charge in [0.05, 0.1) is 47.6 Å². The van der Waals surface area contributed by atoms with Crippen molar-refractivity contribution in [2.24, 2.45) is 29.6 Å². The van der Waals surface area contributed by atoms with Gasteiger partial charge in [-0.05, 0) is 88.5 Å². The summed E-state index contributed by atoms with van der Waals surface area (Å²) in [6.07, 6.45) is 10.7. The van der Waals surface area contributed by atoms with Gasteiger partial charge in [-0.15, -0.1) is 11.3 Å². The first-order valence-corrected chi connectivity index (χ1v) is 26.3. The molecule has 1 aromatic rings. The van der Waals surface area contributed by atoms with E-state index in [0.717, 1.165) is 49.2 Å². The minimum atomic E-state index is -0.715. The maximum Gasteiger partial charge on any atom is 0.306 e. The Bertz CT molecular complexity index is 1770. The number of carbonyl (C=O) groups excluding carboxylic acids is 3. The van der Waals surface area contributed by atoms with Crippen molar-refractivity contribution in [3.05, 3.63) is 27.2 Å². The predicted octanol–water partition coefficient (Wildman–Crippen LogP) is 9.47. The van der Waals surface area contributed by atoms with Crippen molar-refractivity contribution < 1.29 is 52.3 Å². The number of amides is 1. The molecule has 1 aromatic heterocycles. The second-order valence-corrected chi connectivity index (χ2v) is 21.6. The molecule has 0 bridgehead atoms. The molecule has 2 saturated heterocycles. The van der Waals surface area contributed by atoms with Gasteiger partial charge in [-0.1, -0.05) is 66.4 Å². The number of esters is 1. The highest BCUT2D eigenvalue weighted by molar-refractivity contribution is 7.11. The Morgan fingerprint density at radius 3 is 2.29 bits per heavy atom. The Balaban J connectivity index is 1.23. The van der Waals surface area contributed by atoms with Crippen molar-refractivity contribution in [1.82, 2.24) is 9.88 Å². The SMILES string of the molecule is CCCCCCCC(=O)N(C)[C@H]1CC[C@H](O[C@H]2CCC[C@H](CC)OC(=O)C[C@@H]3C(=C[C@H]4[C@@H]5C[C@H](OC(OC)C(OC)C(OC)C(OC)C(C)C)C[C@H]5c5sc(C)nc5[C@H]43)C(=O)[C@@H]2C)OC1C. The average Bonchev–Trinajstić information content (AvgIpc) is 4.01. The number of fused-ring (bicyclic) bond motifs is 8. The number of hydrogen-bond acceptors (Lipinski definition) is 13. The smallest absolute Gasteiger partial charge is 0.306 e. The third-order valence-corrected chi connectivity index (χ3v) is 16.9. The van der Waals surface area contributed by atoms with Crippen LogP contribution in [0.3, 0.4) is 0 Å². The van der Waals surface area contributed by atoms with Gasteiger partial charge >= 0.3 is 5.97 Å². The summed E-state index contributed by atoms with van der Waals surface area (Å²) in [5, 5.41) is 0.977. The number of methoxy groups -OCH3 is 4. The molecule has 1 saturated carbocycles. The Labute approximate surface area is 400 Å². The molecule has 3 heterocycles. The number of Topliss-reactive ketones (excluding diaryl/α,β-unsaturated/α-hetero) is 1. The second kappa shape index (κ2) is 24.5. The van der Waals surface area contributed by atoms with Crippen LogP contribution in [0.25, 0.3) is 0 Å². The Morgan fingerprint density at radius 1 is 0.909 bits per heavy atom. The van der Waals surface area contributed by atoms with Gasteiger partial charge in [-0.2, -0.15) is 0 Å². The fourth-order valence-electron chi connectivity index (χ4n) is 12.2. The Kier molecular flexibility index (Phi) is 19.7.